The van der Waals surface area contributed by atoms with Crippen molar-refractivity contribution in [1.29, 1.82) is 0 Å². The lowest BCUT2D eigenvalue weighted by Crippen LogP contribution is -2.29. The molecule has 4 nitrogen and oxygen atoms in total. The molecule has 2 N–H and O–H groups in total. The van der Waals surface area contributed by atoms with Crippen LogP contribution in [0.3, 0.4) is 0 Å². The second kappa shape index (κ2) is 7.85. The first kappa shape index (κ1) is 16.4. The molecule has 1 unspecified atom stereocenters. The zero-order valence-corrected chi connectivity index (χ0v) is 12.9. The highest BCUT2D eigenvalue weighted by Gasteiger charge is 2.16. The van der Waals surface area contributed by atoms with Crippen molar-refractivity contribution in [1.82, 2.24) is 10.0 Å². The summed E-state index contributed by atoms with van der Waals surface area (Å²) < 4.78 is 26.5. The number of unbranched alkanes of at least 4 members (excludes halogenated alkanes) is 1. The van der Waals surface area contributed by atoms with Gasteiger partial charge in [-0.25, -0.2) is 13.1 Å². The molecule has 0 radical (unpaired) electrons. The first-order valence-corrected chi connectivity index (χ1v) is 8.38. The molecule has 0 aliphatic carbocycles. The van der Waals surface area contributed by atoms with E-state index < -0.39 is 10.0 Å². The van der Waals surface area contributed by atoms with Gasteiger partial charge in [0.2, 0.25) is 10.0 Å². The third-order valence-corrected chi connectivity index (χ3v) is 4.70. The van der Waals surface area contributed by atoms with E-state index in [-0.39, 0.29) is 11.8 Å². The van der Waals surface area contributed by atoms with Gasteiger partial charge in [-0.05, 0) is 45.0 Å². The van der Waals surface area contributed by atoms with E-state index in [1.165, 1.54) is 0 Å². The van der Waals surface area contributed by atoms with Gasteiger partial charge in [0, 0.05) is 11.1 Å². The number of halogens is 1. The molecular formula is C13H21ClN2O2S. The molecule has 1 aromatic rings. The Morgan fingerprint density at radius 2 is 1.95 bits per heavy atom. The second-order valence-electron chi connectivity index (χ2n) is 4.49. The van der Waals surface area contributed by atoms with Gasteiger partial charge in [-0.15, -0.1) is 0 Å². The Morgan fingerprint density at radius 1 is 1.26 bits per heavy atom. The Morgan fingerprint density at radius 3 is 2.58 bits per heavy atom. The van der Waals surface area contributed by atoms with E-state index >= 15 is 0 Å². The predicted octanol–water partition coefficient (Wildman–Crippen LogP) is 2.32. The third-order valence-electron chi connectivity index (χ3n) is 2.82. The number of sulfonamides is 1. The van der Waals surface area contributed by atoms with Crippen LogP contribution >= 0.6 is 11.6 Å². The maximum atomic E-state index is 11.9. The monoisotopic (exact) mass is 304 g/mol. The Hall–Kier alpha value is -0.620. The van der Waals surface area contributed by atoms with Gasteiger partial charge >= 0.3 is 0 Å². The fourth-order valence-corrected chi connectivity index (χ4v) is 3.48. The Labute approximate surface area is 120 Å². The minimum atomic E-state index is -3.26. The van der Waals surface area contributed by atoms with Gasteiger partial charge in [0.15, 0.2) is 0 Å². The van der Waals surface area contributed by atoms with Gasteiger partial charge in [0.05, 0.1) is 5.75 Å². The van der Waals surface area contributed by atoms with Crippen LogP contribution in [0.5, 0.6) is 0 Å². The van der Waals surface area contributed by atoms with Crippen LogP contribution in [0.4, 0.5) is 0 Å². The molecule has 0 aromatic heterocycles. The van der Waals surface area contributed by atoms with Crippen molar-refractivity contribution < 1.29 is 8.42 Å². The molecule has 6 heteroatoms. The average Bonchev–Trinajstić information content (AvgIpc) is 2.34. The van der Waals surface area contributed by atoms with E-state index in [0.29, 0.717) is 11.4 Å². The van der Waals surface area contributed by atoms with Crippen LogP contribution in [0.1, 0.15) is 31.4 Å². The summed E-state index contributed by atoms with van der Waals surface area (Å²) in [6.45, 7) is 2.63. The van der Waals surface area contributed by atoms with Crippen LogP contribution in [0.15, 0.2) is 24.3 Å². The number of hydrogen-bond donors (Lipinski definition) is 2. The van der Waals surface area contributed by atoms with Crippen LogP contribution < -0.4 is 10.0 Å². The predicted molar refractivity (Wildman–Crippen MR) is 80.0 cm³/mol. The minimum absolute atomic E-state index is 0.142. The zero-order valence-electron chi connectivity index (χ0n) is 11.3. The van der Waals surface area contributed by atoms with E-state index in [1.807, 2.05) is 25.2 Å². The van der Waals surface area contributed by atoms with Gasteiger partial charge in [0.1, 0.15) is 0 Å². The van der Waals surface area contributed by atoms with Gasteiger partial charge in [-0.2, -0.15) is 0 Å². The van der Waals surface area contributed by atoms with Crippen molar-refractivity contribution in [3.05, 3.63) is 34.9 Å². The van der Waals surface area contributed by atoms with Crippen molar-refractivity contribution >= 4 is 21.6 Å². The van der Waals surface area contributed by atoms with Crippen LogP contribution in [0.25, 0.3) is 0 Å². The summed E-state index contributed by atoms with van der Waals surface area (Å²) >= 11 is 6.05. The Balaban J connectivity index is 2.56. The van der Waals surface area contributed by atoms with Gasteiger partial charge < -0.3 is 5.32 Å². The molecule has 1 rings (SSSR count). The van der Waals surface area contributed by atoms with E-state index in [2.05, 4.69) is 10.0 Å². The van der Waals surface area contributed by atoms with Crippen LogP contribution in [0.2, 0.25) is 5.02 Å². The molecule has 1 aromatic carbocycles. The Bertz CT molecular complexity index is 491. The molecule has 108 valence electrons. The summed E-state index contributed by atoms with van der Waals surface area (Å²) in [5.41, 5.74) is 0.794. The molecule has 0 fully saturated rings. The maximum Gasteiger partial charge on any atom is 0.212 e. The Kier molecular flexibility index (Phi) is 6.79. The van der Waals surface area contributed by atoms with Crippen molar-refractivity contribution in [2.45, 2.75) is 25.8 Å². The molecule has 0 heterocycles. The lowest BCUT2D eigenvalue weighted by atomic mass is 10.1. The molecule has 1 atom stereocenters. The van der Waals surface area contributed by atoms with Gasteiger partial charge in [-0.1, -0.05) is 29.8 Å². The van der Waals surface area contributed by atoms with Crippen molar-refractivity contribution in [3.63, 3.8) is 0 Å². The molecule has 0 saturated carbocycles. The first-order valence-electron chi connectivity index (χ1n) is 6.35. The molecule has 19 heavy (non-hydrogen) atoms. The largest absolute Gasteiger partial charge is 0.320 e. The SMILES string of the molecule is CNCCCCS(=O)(=O)NC(C)c1ccccc1Cl. The summed E-state index contributed by atoms with van der Waals surface area (Å²) in [5.74, 6) is 0.142. The van der Waals surface area contributed by atoms with Crippen LogP contribution in [-0.4, -0.2) is 27.8 Å². The van der Waals surface area contributed by atoms with E-state index in [0.717, 1.165) is 18.5 Å². The van der Waals surface area contributed by atoms with E-state index in [9.17, 15) is 8.42 Å². The lowest BCUT2D eigenvalue weighted by Gasteiger charge is -2.15. The third kappa shape index (κ3) is 5.91. The smallest absolute Gasteiger partial charge is 0.212 e. The standard InChI is InChI=1S/C13H21ClN2O2S/c1-11(12-7-3-4-8-13(12)14)16-19(17,18)10-6-5-9-15-2/h3-4,7-8,11,15-16H,5-6,9-10H2,1-2H3. The fourth-order valence-electron chi connectivity index (χ4n) is 1.81. The summed E-state index contributed by atoms with van der Waals surface area (Å²) in [5, 5.41) is 3.57. The highest BCUT2D eigenvalue weighted by atomic mass is 35.5. The van der Waals surface area contributed by atoms with Crippen LogP contribution in [-0.2, 0) is 10.0 Å². The highest BCUT2D eigenvalue weighted by molar-refractivity contribution is 7.89. The maximum absolute atomic E-state index is 11.9. The minimum Gasteiger partial charge on any atom is -0.320 e. The van der Waals surface area contributed by atoms with Crippen molar-refractivity contribution in [2.24, 2.45) is 0 Å². The lowest BCUT2D eigenvalue weighted by molar-refractivity contribution is 0.562. The highest BCUT2D eigenvalue weighted by Crippen LogP contribution is 2.22. The summed E-state index contributed by atoms with van der Waals surface area (Å²) in [6, 6.07) is 6.94. The summed E-state index contributed by atoms with van der Waals surface area (Å²) in [4.78, 5) is 0. The van der Waals surface area contributed by atoms with Crippen molar-refractivity contribution in [3.8, 4) is 0 Å². The molecule has 0 aliphatic heterocycles. The molecule has 0 spiro atoms. The molecule has 0 aliphatic rings. The van der Waals surface area contributed by atoms with Crippen LogP contribution in [0, 0.1) is 0 Å². The normalized spacial score (nSPS) is 13.4. The topological polar surface area (TPSA) is 58.2 Å². The summed E-state index contributed by atoms with van der Waals surface area (Å²) in [6.07, 6.45) is 1.49. The number of hydrogen-bond acceptors (Lipinski definition) is 3. The number of nitrogens with one attached hydrogen (secondary N) is 2. The van der Waals surface area contributed by atoms with Crippen molar-refractivity contribution in [2.75, 3.05) is 19.3 Å². The molecule has 0 saturated heterocycles. The number of benzene rings is 1. The number of rotatable bonds is 8. The van der Waals surface area contributed by atoms with E-state index in [4.69, 9.17) is 11.6 Å². The average molecular weight is 305 g/mol. The van der Waals surface area contributed by atoms with Gasteiger partial charge in [-0.3, -0.25) is 0 Å². The molecule has 0 bridgehead atoms. The second-order valence-corrected chi connectivity index (χ2v) is 6.77. The van der Waals surface area contributed by atoms with Gasteiger partial charge in [0.25, 0.3) is 0 Å². The fraction of sp³-hybridized carbons (Fsp3) is 0.538. The molecule has 0 amide bonds. The quantitative estimate of drug-likeness (QED) is 0.725. The first-order chi connectivity index (χ1) is 8.96. The molecular weight excluding hydrogens is 284 g/mol. The van der Waals surface area contributed by atoms with E-state index in [1.54, 1.807) is 13.0 Å². The zero-order chi connectivity index (χ0) is 14.3. The summed E-state index contributed by atoms with van der Waals surface area (Å²) in [7, 11) is -1.41.